The minimum absolute atomic E-state index is 0.0556. The topological polar surface area (TPSA) is 102 Å². The molecule has 0 bridgehead atoms. The highest BCUT2D eigenvalue weighted by molar-refractivity contribution is 7.99. The van der Waals surface area contributed by atoms with Crippen molar-refractivity contribution in [3.8, 4) is 11.3 Å². The molecular formula is C25H24Cl2N6O2S2. The van der Waals surface area contributed by atoms with Crippen LogP contribution in [0.15, 0.2) is 59.1 Å². The molecule has 2 N–H and O–H groups in total. The maximum atomic E-state index is 12.8. The monoisotopic (exact) mass is 574 g/mol. The molecule has 0 aliphatic carbocycles. The summed E-state index contributed by atoms with van der Waals surface area (Å²) in [4.78, 5) is 29.8. The fourth-order valence-corrected chi connectivity index (χ4v) is 5.15. The number of hydrogen-bond donors (Lipinski definition) is 2. The van der Waals surface area contributed by atoms with Crippen LogP contribution >= 0.6 is 46.3 Å². The van der Waals surface area contributed by atoms with Crippen LogP contribution in [-0.2, 0) is 11.8 Å². The van der Waals surface area contributed by atoms with Gasteiger partial charge in [-0.3, -0.25) is 9.59 Å². The molecule has 0 saturated heterocycles. The second kappa shape index (κ2) is 12.1. The Hall–Kier alpha value is -2.92. The predicted octanol–water partition coefficient (Wildman–Crippen LogP) is 6.10. The van der Waals surface area contributed by atoms with E-state index in [9.17, 15) is 9.59 Å². The molecule has 2 aromatic heterocycles. The van der Waals surface area contributed by atoms with Crippen LogP contribution in [0.1, 0.15) is 36.1 Å². The van der Waals surface area contributed by atoms with Gasteiger partial charge in [-0.05, 0) is 42.3 Å². The van der Waals surface area contributed by atoms with Crippen molar-refractivity contribution in [2.24, 2.45) is 13.0 Å². The number of nitrogens with one attached hydrogen (secondary N) is 2. The smallest absolute Gasteiger partial charge is 0.251 e. The fourth-order valence-electron chi connectivity index (χ4n) is 3.45. The summed E-state index contributed by atoms with van der Waals surface area (Å²) in [6, 6.07) is 13.7. The molecule has 0 radical (unpaired) electrons. The number of nitrogens with zero attached hydrogens (tertiary/aromatic N) is 4. The summed E-state index contributed by atoms with van der Waals surface area (Å²) in [7, 11) is 1.82. The van der Waals surface area contributed by atoms with Gasteiger partial charge in [0.05, 0.1) is 17.5 Å². The van der Waals surface area contributed by atoms with E-state index in [4.69, 9.17) is 23.2 Å². The lowest BCUT2D eigenvalue weighted by Gasteiger charge is -2.21. The number of thiazole rings is 1. The molecule has 0 unspecified atom stereocenters. The highest BCUT2D eigenvalue weighted by atomic mass is 35.5. The van der Waals surface area contributed by atoms with Crippen molar-refractivity contribution in [2.75, 3.05) is 11.1 Å². The SMILES string of the molecule is CC(C)[C@@H](NC(=O)c1ccc(Cl)cc1)c1nnc(SCC(=O)Nc2nc(-c3ccc(Cl)cc3)cs2)n1C. The molecular weight excluding hydrogens is 551 g/mol. The molecule has 4 rings (SSSR count). The predicted molar refractivity (Wildman–Crippen MR) is 149 cm³/mol. The number of benzene rings is 2. The minimum atomic E-state index is -0.370. The zero-order chi connectivity index (χ0) is 26.5. The van der Waals surface area contributed by atoms with E-state index in [1.807, 2.05) is 38.4 Å². The number of carbonyl (C=O) groups excluding carboxylic acids is 2. The van der Waals surface area contributed by atoms with E-state index in [1.165, 1.54) is 23.1 Å². The Morgan fingerprint density at radius 2 is 1.68 bits per heavy atom. The Bertz CT molecular complexity index is 1390. The van der Waals surface area contributed by atoms with E-state index in [0.29, 0.717) is 31.7 Å². The van der Waals surface area contributed by atoms with Gasteiger partial charge in [-0.15, -0.1) is 21.5 Å². The summed E-state index contributed by atoms with van der Waals surface area (Å²) in [5.74, 6) is 0.356. The second-order valence-electron chi connectivity index (χ2n) is 8.48. The van der Waals surface area contributed by atoms with Gasteiger partial charge in [0.15, 0.2) is 16.1 Å². The maximum absolute atomic E-state index is 12.8. The third-order valence-corrected chi connectivity index (χ3v) is 7.71. The summed E-state index contributed by atoms with van der Waals surface area (Å²) in [6.45, 7) is 3.99. The molecule has 0 fully saturated rings. The van der Waals surface area contributed by atoms with E-state index in [-0.39, 0.29) is 29.5 Å². The van der Waals surface area contributed by atoms with E-state index in [1.54, 1.807) is 41.0 Å². The largest absolute Gasteiger partial charge is 0.342 e. The van der Waals surface area contributed by atoms with E-state index in [2.05, 4.69) is 25.8 Å². The van der Waals surface area contributed by atoms with Crippen molar-refractivity contribution in [3.63, 3.8) is 0 Å². The summed E-state index contributed by atoms with van der Waals surface area (Å²) >= 11 is 14.5. The van der Waals surface area contributed by atoms with Crippen molar-refractivity contribution in [1.82, 2.24) is 25.1 Å². The van der Waals surface area contributed by atoms with Gasteiger partial charge in [0.2, 0.25) is 5.91 Å². The lowest BCUT2D eigenvalue weighted by atomic mass is 10.0. The number of amides is 2. The van der Waals surface area contributed by atoms with Crippen LogP contribution in [0.2, 0.25) is 10.0 Å². The van der Waals surface area contributed by atoms with Crippen LogP contribution in [0, 0.1) is 5.92 Å². The zero-order valence-electron chi connectivity index (χ0n) is 20.2. The molecule has 1 atom stereocenters. The van der Waals surface area contributed by atoms with Crippen LogP contribution in [0.3, 0.4) is 0 Å². The zero-order valence-corrected chi connectivity index (χ0v) is 23.4. The second-order valence-corrected chi connectivity index (χ2v) is 11.2. The molecule has 2 amide bonds. The third-order valence-electron chi connectivity index (χ3n) is 5.43. The number of hydrogen-bond acceptors (Lipinski definition) is 7. The van der Waals surface area contributed by atoms with Crippen LogP contribution in [0.4, 0.5) is 5.13 Å². The van der Waals surface area contributed by atoms with Crippen molar-refractivity contribution >= 4 is 63.2 Å². The maximum Gasteiger partial charge on any atom is 0.251 e. The Kier molecular flexibility index (Phi) is 8.86. The standard InChI is InChI=1S/C25H24Cl2N6O2S2/c1-14(2)21(30-23(35)16-6-10-18(27)11-7-16)22-31-32-25(33(22)3)37-13-20(34)29-24-28-19(12-36-24)15-4-8-17(26)9-5-15/h4-12,14,21H,13H2,1-3H3,(H,30,35)(H,28,29,34)/t21-/m1/s1. The van der Waals surface area contributed by atoms with Gasteiger partial charge in [-0.25, -0.2) is 4.98 Å². The molecule has 8 nitrogen and oxygen atoms in total. The summed E-state index contributed by atoms with van der Waals surface area (Å²) in [5, 5.41) is 18.6. The molecule has 4 aromatic rings. The first-order chi connectivity index (χ1) is 17.7. The lowest BCUT2D eigenvalue weighted by molar-refractivity contribution is -0.113. The average molecular weight is 576 g/mol. The van der Waals surface area contributed by atoms with Gasteiger partial charge in [0, 0.05) is 33.6 Å². The van der Waals surface area contributed by atoms with Crippen LogP contribution in [0.5, 0.6) is 0 Å². The third kappa shape index (κ3) is 6.89. The van der Waals surface area contributed by atoms with Crippen LogP contribution in [0.25, 0.3) is 11.3 Å². The number of rotatable bonds is 9. The quantitative estimate of drug-likeness (QED) is 0.234. The summed E-state index contributed by atoms with van der Waals surface area (Å²) in [6.07, 6.45) is 0. The number of anilines is 1. The number of halogens is 2. The number of carbonyl (C=O) groups is 2. The van der Waals surface area contributed by atoms with Gasteiger partial charge in [0.25, 0.3) is 5.91 Å². The summed E-state index contributed by atoms with van der Waals surface area (Å²) in [5.41, 5.74) is 2.19. The first kappa shape index (κ1) is 27.1. The fraction of sp³-hybridized carbons (Fsp3) is 0.240. The van der Waals surface area contributed by atoms with Gasteiger partial charge >= 0.3 is 0 Å². The molecule has 0 aliphatic heterocycles. The Labute approximate surface area is 232 Å². The van der Waals surface area contributed by atoms with Crippen molar-refractivity contribution < 1.29 is 9.59 Å². The van der Waals surface area contributed by atoms with Crippen LogP contribution < -0.4 is 10.6 Å². The van der Waals surface area contributed by atoms with Crippen molar-refractivity contribution in [1.29, 1.82) is 0 Å². The molecule has 0 saturated carbocycles. The van der Waals surface area contributed by atoms with E-state index >= 15 is 0 Å². The highest BCUT2D eigenvalue weighted by Crippen LogP contribution is 2.27. The Morgan fingerprint density at radius 3 is 2.32 bits per heavy atom. The molecule has 0 aliphatic rings. The van der Waals surface area contributed by atoms with Crippen molar-refractivity contribution in [2.45, 2.75) is 25.0 Å². The molecule has 37 heavy (non-hydrogen) atoms. The first-order valence-corrected chi connectivity index (χ1v) is 13.9. The van der Waals surface area contributed by atoms with Gasteiger partial charge in [0.1, 0.15) is 0 Å². The normalized spacial score (nSPS) is 11.9. The van der Waals surface area contributed by atoms with Crippen molar-refractivity contribution in [3.05, 3.63) is 75.3 Å². The highest BCUT2D eigenvalue weighted by Gasteiger charge is 2.25. The Balaban J connectivity index is 1.37. The molecule has 2 aromatic carbocycles. The Morgan fingerprint density at radius 1 is 1.03 bits per heavy atom. The summed E-state index contributed by atoms with van der Waals surface area (Å²) < 4.78 is 1.80. The number of thioether (sulfide) groups is 1. The van der Waals surface area contributed by atoms with E-state index in [0.717, 1.165) is 11.3 Å². The van der Waals surface area contributed by atoms with Gasteiger partial charge < -0.3 is 15.2 Å². The molecule has 0 spiro atoms. The first-order valence-electron chi connectivity index (χ1n) is 11.3. The van der Waals surface area contributed by atoms with Gasteiger partial charge in [-0.2, -0.15) is 0 Å². The molecule has 12 heteroatoms. The lowest BCUT2D eigenvalue weighted by Crippen LogP contribution is -2.33. The minimum Gasteiger partial charge on any atom is -0.342 e. The molecule has 2 heterocycles. The molecule has 192 valence electrons. The van der Waals surface area contributed by atoms with E-state index < -0.39 is 0 Å². The van der Waals surface area contributed by atoms with Gasteiger partial charge in [-0.1, -0.05) is 60.9 Å². The van der Waals surface area contributed by atoms with Crippen LogP contribution in [-0.4, -0.2) is 37.3 Å². The number of aromatic nitrogens is 4. The average Bonchev–Trinajstić information content (AvgIpc) is 3.48.